The highest BCUT2D eigenvalue weighted by Gasteiger charge is 2.09. The van der Waals surface area contributed by atoms with Crippen molar-refractivity contribution >= 4 is 22.6 Å². The van der Waals surface area contributed by atoms with Crippen molar-refractivity contribution in [3.63, 3.8) is 0 Å². The Morgan fingerprint density at radius 3 is 2.29 bits per heavy atom. The Hall–Kier alpha value is -2.75. The number of nitrogens with one attached hydrogen (secondary N) is 1. The minimum Gasteiger partial charge on any atom is -0.478 e. The highest BCUT2D eigenvalue weighted by Crippen LogP contribution is 2.16. The fourth-order valence-corrected chi connectivity index (χ4v) is 2.23. The third kappa shape index (κ3) is 3.23. The summed E-state index contributed by atoms with van der Waals surface area (Å²) in [5.74, 6) is -0.972. The maximum absolute atomic E-state index is 10.6. The summed E-state index contributed by atoms with van der Waals surface area (Å²) in [5.41, 5.74) is 9.21. The molecule has 0 fully saturated rings. The Morgan fingerprint density at radius 1 is 1.05 bits per heavy atom. The summed E-state index contributed by atoms with van der Waals surface area (Å²) in [6.45, 7) is 3.84. The lowest BCUT2D eigenvalue weighted by molar-refractivity contribution is 0.0697. The highest BCUT2D eigenvalue weighted by molar-refractivity contribution is 5.95. The molecule has 0 saturated carbocycles. The van der Waals surface area contributed by atoms with Crippen LogP contribution in [0, 0.1) is 13.8 Å². The van der Waals surface area contributed by atoms with Crippen LogP contribution in [0.25, 0.3) is 10.9 Å². The minimum absolute atomic E-state index is 0.201. The predicted octanol–water partition coefficient (Wildman–Crippen LogP) is 3.75. The van der Waals surface area contributed by atoms with Gasteiger partial charge in [0.05, 0.1) is 5.56 Å². The van der Waals surface area contributed by atoms with Crippen molar-refractivity contribution in [3.05, 3.63) is 65.4 Å². The maximum Gasteiger partial charge on any atom is 0.338 e. The number of carboxylic acids is 1. The standard InChI is InChI=1S/C9H9N.C8H9NO2/c1-7-3-2-4-9-8(7)5-6-10-9;1-5-3-2-4-6(9)7(5)8(10)11/h2-6,10H,1H3;2-4H,9H2,1H3,(H,10,11). The first-order valence-electron chi connectivity index (χ1n) is 6.62. The van der Waals surface area contributed by atoms with Crippen LogP contribution < -0.4 is 5.73 Å². The number of carboxylic acid groups (broad SMARTS) is 1. The van der Waals surface area contributed by atoms with E-state index in [4.69, 9.17) is 10.8 Å². The van der Waals surface area contributed by atoms with Crippen molar-refractivity contribution in [2.75, 3.05) is 5.73 Å². The number of anilines is 1. The summed E-state index contributed by atoms with van der Waals surface area (Å²) in [5, 5.41) is 9.99. The monoisotopic (exact) mass is 282 g/mol. The molecule has 0 saturated heterocycles. The van der Waals surface area contributed by atoms with Gasteiger partial charge < -0.3 is 15.8 Å². The fraction of sp³-hybridized carbons (Fsp3) is 0.118. The second kappa shape index (κ2) is 6.13. The molecule has 0 aliphatic rings. The first kappa shape index (κ1) is 14.7. The third-order valence-electron chi connectivity index (χ3n) is 3.33. The normalized spacial score (nSPS) is 10.0. The average molecular weight is 282 g/mol. The molecule has 0 aliphatic heterocycles. The number of nitrogens with two attached hydrogens (primary N) is 1. The lowest BCUT2D eigenvalue weighted by Crippen LogP contribution is -2.04. The number of benzene rings is 2. The van der Waals surface area contributed by atoms with Crippen molar-refractivity contribution < 1.29 is 9.90 Å². The third-order valence-corrected chi connectivity index (χ3v) is 3.33. The molecule has 0 amide bonds. The number of hydrogen-bond acceptors (Lipinski definition) is 2. The van der Waals surface area contributed by atoms with Crippen LogP contribution in [0.4, 0.5) is 5.69 Å². The van der Waals surface area contributed by atoms with E-state index < -0.39 is 5.97 Å². The molecular weight excluding hydrogens is 264 g/mol. The maximum atomic E-state index is 10.6. The number of nitrogen functional groups attached to an aromatic ring is 1. The van der Waals surface area contributed by atoms with Gasteiger partial charge in [-0.3, -0.25) is 0 Å². The predicted molar refractivity (Wildman–Crippen MR) is 85.6 cm³/mol. The van der Waals surface area contributed by atoms with Crippen LogP contribution in [0.3, 0.4) is 0 Å². The topological polar surface area (TPSA) is 79.1 Å². The molecule has 1 aromatic heterocycles. The molecule has 0 bridgehead atoms. The molecular formula is C17H18N2O2. The largest absolute Gasteiger partial charge is 0.478 e. The number of aromatic carboxylic acids is 1. The minimum atomic E-state index is -0.972. The summed E-state index contributed by atoms with van der Waals surface area (Å²) in [4.78, 5) is 13.7. The molecule has 0 aliphatic carbocycles. The van der Waals surface area contributed by atoms with Gasteiger partial charge in [0.2, 0.25) is 0 Å². The summed E-state index contributed by atoms with van der Waals surface area (Å²) < 4.78 is 0. The average Bonchev–Trinajstić information content (AvgIpc) is 2.88. The SMILES string of the molecule is Cc1cccc(N)c1C(=O)O.Cc1cccc2[nH]ccc12. The quantitative estimate of drug-likeness (QED) is 0.595. The first-order valence-corrected chi connectivity index (χ1v) is 6.62. The smallest absolute Gasteiger partial charge is 0.338 e. The molecule has 4 nitrogen and oxygen atoms in total. The summed E-state index contributed by atoms with van der Waals surface area (Å²) in [6, 6.07) is 13.4. The van der Waals surface area contributed by atoms with Crippen molar-refractivity contribution in [2.24, 2.45) is 0 Å². The summed E-state index contributed by atoms with van der Waals surface area (Å²) in [7, 11) is 0. The van der Waals surface area contributed by atoms with Crippen LogP contribution in [-0.4, -0.2) is 16.1 Å². The molecule has 0 spiro atoms. The second-order valence-electron chi connectivity index (χ2n) is 4.86. The first-order chi connectivity index (χ1) is 10.0. The van der Waals surface area contributed by atoms with Crippen molar-refractivity contribution in [3.8, 4) is 0 Å². The van der Waals surface area contributed by atoms with E-state index in [2.05, 4.69) is 36.2 Å². The molecule has 4 heteroatoms. The zero-order chi connectivity index (χ0) is 15.4. The van der Waals surface area contributed by atoms with Gasteiger partial charge in [-0.2, -0.15) is 0 Å². The number of carbonyl (C=O) groups is 1. The van der Waals surface area contributed by atoms with Gasteiger partial charge in [0.1, 0.15) is 0 Å². The Bertz CT molecular complexity index is 755. The van der Waals surface area contributed by atoms with E-state index >= 15 is 0 Å². The van der Waals surface area contributed by atoms with E-state index in [9.17, 15) is 4.79 Å². The van der Waals surface area contributed by atoms with Gasteiger partial charge in [-0.15, -0.1) is 0 Å². The van der Waals surface area contributed by atoms with E-state index in [1.807, 2.05) is 6.20 Å². The Kier molecular flexibility index (Phi) is 4.28. The van der Waals surface area contributed by atoms with Crippen molar-refractivity contribution in [1.82, 2.24) is 4.98 Å². The number of aromatic nitrogens is 1. The molecule has 0 unspecified atom stereocenters. The number of rotatable bonds is 1. The van der Waals surface area contributed by atoms with Crippen LogP contribution in [0.15, 0.2) is 48.7 Å². The summed E-state index contributed by atoms with van der Waals surface area (Å²) in [6.07, 6.45) is 1.97. The van der Waals surface area contributed by atoms with Crippen LogP contribution in [0.1, 0.15) is 21.5 Å². The molecule has 3 aromatic rings. The fourth-order valence-electron chi connectivity index (χ4n) is 2.23. The Morgan fingerprint density at radius 2 is 1.71 bits per heavy atom. The Balaban J connectivity index is 0.000000154. The van der Waals surface area contributed by atoms with E-state index in [-0.39, 0.29) is 5.56 Å². The molecule has 108 valence electrons. The van der Waals surface area contributed by atoms with E-state index in [1.165, 1.54) is 16.5 Å². The number of aryl methyl sites for hydroxylation is 2. The molecule has 0 atom stereocenters. The van der Waals surface area contributed by atoms with Gasteiger partial charge in [-0.25, -0.2) is 4.79 Å². The van der Waals surface area contributed by atoms with Gasteiger partial charge >= 0.3 is 5.97 Å². The number of fused-ring (bicyclic) bond motifs is 1. The number of aromatic amines is 1. The Labute approximate surface area is 123 Å². The van der Waals surface area contributed by atoms with E-state index in [0.717, 1.165) is 0 Å². The van der Waals surface area contributed by atoms with E-state index in [0.29, 0.717) is 11.3 Å². The van der Waals surface area contributed by atoms with E-state index in [1.54, 1.807) is 25.1 Å². The van der Waals surface area contributed by atoms with Crippen LogP contribution in [0.5, 0.6) is 0 Å². The molecule has 1 heterocycles. The van der Waals surface area contributed by atoms with Gasteiger partial charge in [-0.1, -0.05) is 24.3 Å². The van der Waals surface area contributed by atoms with Crippen molar-refractivity contribution in [2.45, 2.75) is 13.8 Å². The van der Waals surface area contributed by atoms with Crippen LogP contribution in [-0.2, 0) is 0 Å². The number of H-pyrrole nitrogens is 1. The molecule has 3 rings (SSSR count). The van der Waals surface area contributed by atoms with Gasteiger partial charge in [-0.05, 0) is 43.2 Å². The van der Waals surface area contributed by atoms with Crippen LogP contribution in [0.2, 0.25) is 0 Å². The van der Waals surface area contributed by atoms with Gasteiger partial charge in [0.15, 0.2) is 0 Å². The van der Waals surface area contributed by atoms with Gasteiger partial charge in [0.25, 0.3) is 0 Å². The lowest BCUT2D eigenvalue weighted by Gasteiger charge is -2.02. The van der Waals surface area contributed by atoms with Crippen molar-refractivity contribution in [1.29, 1.82) is 0 Å². The number of hydrogen-bond donors (Lipinski definition) is 3. The zero-order valence-electron chi connectivity index (χ0n) is 12.1. The highest BCUT2D eigenvalue weighted by atomic mass is 16.4. The van der Waals surface area contributed by atoms with Gasteiger partial charge in [0, 0.05) is 22.8 Å². The zero-order valence-corrected chi connectivity index (χ0v) is 12.1. The molecule has 21 heavy (non-hydrogen) atoms. The summed E-state index contributed by atoms with van der Waals surface area (Å²) >= 11 is 0. The molecule has 0 radical (unpaired) electrons. The second-order valence-corrected chi connectivity index (χ2v) is 4.86. The van der Waals surface area contributed by atoms with Crippen LogP contribution >= 0.6 is 0 Å². The lowest BCUT2D eigenvalue weighted by atomic mass is 10.1. The molecule has 2 aromatic carbocycles. The molecule has 4 N–H and O–H groups in total.